The van der Waals surface area contributed by atoms with Crippen LogP contribution in [0.15, 0.2) is 89.6 Å². The quantitative estimate of drug-likeness (QED) is 0.467. The van der Waals surface area contributed by atoms with E-state index in [1.54, 1.807) is 0 Å². The van der Waals surface area contributed by atoms with Gasteiger partial charge in [0.1, 0.15) is 11.3 Å². The van der Waals surface area contributed by atoms with Gasteiger partial charge in [-0.3, -0.25) is 4.79 Å². The highest BCUT2D eigenvalue weighted by molar-refractivity contribution is 5.95. The van der Waals surface area contributed by atoms with Gasteiger partial charge >= 0.3 is 0 Å². The van der Waals surface area contributed by atoms with Crippen LogP contribution in [0.1, 0.15) is 50.8 Å². The summed E-state index contributed by atoms with van der Waals surface area (Å²) in [6, 6.07) is 25.8. The lowest BCUT2D eigenvalue weighted by Gasteiger charge is -2.23. The second kappa shape index (κ2) is 9.10. The molecule has 0 fully saturated rings. The SMILES string of the molecule is O=C(NC(c1ccccc1)c1ccc2c(c1)CCCO2)c1cnoc1Cc1ccccc1. The topological polar surface area (TPSA) is 64.4 Å². The monoisotopic (exact) mass is 424 g/mol. The Bertz CT molecular complexity index is 1200. The number of nitrogens with zero attached hydrogens (tertiary/aromatic N) is 1. The Morgan fingerprint density at radius 1 is 0.969 bits per heavy atom. The van der Waals surface area contributed by atoms with Crippen LogP contribution in [-0.4, -0.2) is 17.7 Å². The molecule has 0 saturated heterocycles. The molecule has 0 saturated carbocycles. The molecule has 4 aromatic rings. The van der Waals surface area contributed by atoms with Crippen molar-refractivity contribution in [3.05, 3.63) is 119 Å². The van der Waals surface area contributed by atoms with Crippen molar-refractivity contribution in [1.82, 2.24) is 10.5 Å². The molecule has 1 aliphatic rings. The average Bonchev–Trinajstić information content (AvgIpc) is 3.31. The average molecular weight is 425 g/mol. The molecule has 1 aliphatic heterocycles. The van der Waals surface area contributed by atoms with Crippen LogP contribution in [0.25, 0.3) is 0 Å². The second-order valence-electron chi connectivity index (χ2n) is 7.96. The van der Waals surface area contributed by atoms with Crippen molar-refractivity contribution in [3.8, 4) is 5.75 Å². The van der Waals surface area contributed by atoms with Gasteiger partial charge in [0.05, 0.1) is 18.8 Å². The van der Waals surface area contributed by atoms with E-state index >= 15 is 0 Å². The van der Waals surface area contributed by atoms with Crippen molar-refractivity contribution in [2.45, 2.75) is 25.3 Å². The number of fused-ring (bicyclic) bond motifs is 1. The number of nitrogens with one attached hydrogen (secondary N) is 1. The number of hydrogen-bond acceptors (Lipinski definition) is 4. The van der Waals surface area contributed by atoms with Crippen molar-refractivity contribution >= 4 is 5.91 Å². The maximum absolute atomic E-state index is 13.3. The van der Waals surface area contributed by atoms with Crippen molar-refractivity contribution in [2.24, 2.45) is 0 Å². The normalized spacial score (nSPS) is 13.6. The summed E-state index contributed by atoms with van der Waals surface area (Å²) in [6.07, 6.45) is 3.99. The lowest BCUT2D eigenvalue weighted by atomic mass is 9.94. The van der Waals surface area contributed by atoms with Crippen molar-refractivity contribution in [2.75, 3.05) is 6.61 Å². The van der Waals surface area contributed by atoms with E-state index in [0.29, 0.717) is 17.7 Å². The van der Waals surface area contributed by atoms with Gasteiger partial charge in [-0.1, -0.05) is 71.9 Å². The van der Waals surface area contributed by atoms with Gasteiger partial charge in [0.25, 0.3) is 5.91 Å². The minimum Gasteiger partial charge on any atom is -0.493 e. The zero-order chi connectivity index (χ0) is 21.8. The zero-order valence-electron chi connectivity index (χ0n) is 17.7. The smallest absolute Gasteiger partial charge is 0.257 e. The number of carbonyl (C=O) groups is 1. The molecular formula is C27H24N2O3. The fourth-order valence-electron chi connectivity index (χ4n) is 4.13. The van der Waals surface area contributed by atoms with E-state index in [4.69, 9.17) is 9.26 Å². The maximum Gasteiger partial charge on any atom is 0.257 e. The van der Waals surface area contributed by atoms with Crippen LogP contribution in [-0.2, 0) is 12.8 Å². The van der Waals surface area contributed by atoms with Crippen molar-refractivity contribution < 1.29 is 14.1 Å². The van der Waals surface area contributed by atoms with E-state index in [-0.39, 0.29) is 11.9 Å². The molecule has 0 radical (unpaired) electrons. The van der Waals surface area contributed by atoms with Crippen LogP contribution in [0.2, 0.25) is 0 Å². The Labute approximate surface area is 187 Å². The Hall–Kier alpha value is -3.86. The standard InChI is InChI=1S/C27H24N2O3/c30-27(23-18-28-32-25(23)16-19-8-3-1-4-9-19)29-26(20-10-5-2-6-11-20)22-13-14-24-21(17-22)12-7-15-31-24/h1-6,8-11,13-14,17-18,26H,7,12,15-16H2,(H,29,30). The summed E-state index contributed by atoms with van der Waals surface area (Å²) < 4.78 is 11.2. The molecule has 3 aromatic carbocycles. The predicted octanol–water partition coefficient (Wildman–Crippen LogP) is 5.11. The largest absolute Gasteiger partial charge is 0.493 e. The van der Waals surface area contributed by atoms with E-state index in [0.717, 1.165) is 41.9 Å². The Morgan fingerprint density at radius 2 is 1.75 bits per heavy atom. The molecule has 2 heterocycles. The van der Waals surface area contributed by atoms with Crippen LogP contribution in [0, 0.1) is 0 Å². The van der Waals surface area contributed by atoms with E-state index in [1.807, 2.05) is 72.8 Å². The summed E-state index contributed by atoms with van der Waals surface area (Å²) in [5.74, 6) is 1.28. The third kappa shape index (κ3) is 4.28. The highest BCUT2D eigenvalue weighted by Gasteiger charge is 2.23. The van der Waals surface area contributed by atoms with Gasteiger partial charge < -0.3 is 14.6 Å². The summed E-state index contributed by atoms with van der Waals surface area (Å²) in [7, 11) is 0. The van der Waals surface area contributed by atoms with Crippen LogP contribution in [0.4, 0.5) is 0 Å². The second-order valence-corrected chi connectivity index (χ2v) is 7.96. The van der Waals surface area contributed by atoms with Crippen molar-refractivity contribution in [1.29, 1.82) is 0 Å². The number of carbonyl (C=O) groups excluding carboxylic acids is 1. The van der Waals surface area contributed by atoms with E-state index in [2.05, 4.69) is 16.5 Å². The van der Waals surface area contributed by atoms with E-state index < -0.39 is 0 Å². The first-order valence-electron chi connectivity index (χ1n) is 10.9. The Balaban J connectivity index is 1.44. The summed E-state index contributed by atoms with van der Waals surface area (Å²) in [5, 5.41) is 7.10. The fourth-order valence-corrected chi connectivity index (χ4v) is 4.13. The summed E-state index contributed by atoms with van der Waals surface area (Å²) in [5.41, 5.74) is 4.73. The molecule has 0 aliphatic carbocycles. The van der Waals surface area contributed by atoms with Gasteiger partial charge in [0.2, 0.25) is 0 Å². The zero-order valence-corrected chi connectivity index (χ0v) is 17.7. The van der Waals surface area contributed by atoms with Gasteiger partial charge in [-0.25, -0.2) is 0 Å². The highest BCUT2D eigenvalue weighted by atomic mass is 16.5. The van der Waals surface area contributed by atoms with Gasteiger partial charge in [-0.15, -0.1) is 0 Å². The number of benzene rings is 3. The first kappa shape index (κ1) is 20.1. The predicted molar refractivity (Wildman–Crippen MR) is 122 cm³/mol. The van der Waals surface area contributed by atoms with Crippen LogP contribution in [0.3, 0.4) is 0 Å². The van der Waals surface area contributed by atoms with E-state index in [1.165, 1.54) is 11.8 Å². The number of rotatable bonds is 6. The third-order valence-electron chi connectivity index (χ3n) is 5.77. The highest BCUT2D eigenvalue weighted by Crippen LogP contribution is 2.31. The summed E-state index contributed by atoms with van der Waals surface area (Å²) >= 11 is 0. The third-order valence-corrected chi connectivity index (χ3v) is 5.77. The number of hydrogen-bond donors (Lipinski definition) is 1. The van der Waals surface area contributed by atoms with Crippen LogP contribution in [0.5, 0.6) is 5.75 Å². The van der Waals surface area contributed by atoms with Crippen LogP contribution >= 0.6 is 0 Å². The molecular weight excluding hydrogens is 400 g/mol. The molecule has 1 amide bonds. The fraction of sp³-hybridized carbons (Fsp3) is 0.185. The molecule has 5 rings (SSSR count). The molecule has 5 nitrogen and oxygen atoms in total. The number of aromatic nitrogens is 1. The number of ether oxygens (including phenoxy) is 1. The molecule has 160 valence electrons. The van der Waals surface area contributed by atoms with Gasteiger partial charge in [-0.2, -0.15) is 0 Å². The Kier molecular flexibility index (Phi) is 5.71. The van der Waals surface area contributed by atoms with E-state index in [9.17, 15) is 4.79 Å². The molecule has 1 N–H and O–H groups in total. The summed E-state index contributed by atoms with van der Waals surface area (Å²) in [4.78, 5) is 13.3. The summed E-state index contributed by atoms with van der Waals surface area (Å²) in [6.45, 7) is 0.753. The van der Waals surface area contributed by atoms with Gasteiger partial charge in [-0.05, 0) is 47.2 Å². The first-order chi connectivity index (χ1) is 15.8. The molecule has 1 atom stereocenters. The lowest BCUT2D eigenvalue weighted by molar-refractivity contribution is 0.0941. The molecule has 0 bridgehead atoms. The minimum atomic E-state index is -0.296. The molecule has 32 heavy (non-hydrogen) atoms. The van der Waals surface area contributed by atoms with Crippen LogP contribution < -0.4 is 10.1 Å². The lowest BCUT2D eigenvalue weighted by Crippen LogP contribution is -2.30. The molecule has 5 heteroatoms. The molecule has 0 spiro atoms. The number of amides is 1. The van der Waals surface area contributed by atoms with Gasteiger partial charge in [0.15, 0.2) is 5.76 Å². The Morgan fingerprint density at radius 3 is 2.56 bits per heavy atom. The first-order valence-corrected chi connectivity index (χ1v) is 10.9. The maximum atomic E-state index is 13.3. The molecule has 1 unspecified atom stereocenters. The van der Waals surface area contributed by atoms with Gasteiger partial charge in [0, 0.05) is 6.42 Å². The minimum absolute atomic E-state index is 0.208. The van der Waals surface area contributed by atoms with Crippen molar-refractivity contribution in [3.63, 3.8) is 0 Å². The molecule has 1 aromatic heterocycles. The number of aryl methyl sites for hydroxylation is 1.